The Morgan fingerprint density at radius 2 is 1.62 bits per heavy atom. The summed E-state index contributed by atoms with van der Waals surface area (Å²) < 4.78 is 29.8. The fraction of sp³-hybridized carbons (Fsp3) is 0.0833. The van der Waals surface area contributed by atoms with Gasteiger partial charge in [-0.1, -0.05) is 42.5 Å². The van der Waals surface area contributed by atoms with Gasteiger partial charge < -0.3 is 9.88 Å². The number of nitrogens with zero attached hydrogens (tertiary/aromatic N) is 2. The molecule has 2 N–H and O–H groups in total. The SMILES string of the molecule is Cc1nccn1-c1ccc(CNC(=O)c2ccccc2NS(=O)(=O)c2ccccc2)cc1. The number of hydrogen-bond acceptors (Lipinski definition) is 4. The number of hydrogen-bond donors (Lipinski definition) is 2. The van der Waals surface area contributed by atoms with Gasteiger partial charge in [-0.2, -0.15) is 0 Å². The minimum Gasteiger partial charge on any atom is -0.348 e. The summed E-state index contributed by atoms with van der Waals surface area (Å²) in [6.07, 6.45) is 3.63. The van der Waals surface area contributed by atoms with Crippen molar-refractivity contribution in [2.24, 2.45) is 0 Å². The van der Waals surface area contributed by atoms with Gasteiger partial charge in [-0.15, -0.1) is 0 Å². The smallest absolute Gasteiger partial charge is 0.261 e. The van der Waals surface area contributed by atoms with Crippen molar-refractivity contribution in [3.63, 3.8) is 0 Å². The number of nitrogens with one attached hydrogen (secondary N) is 2. The number of benzene rings is 3. The number of sulfonamides is 1. The van der Waals surface area contributed by atoms with Crippen LogP contribution in [0.3, 0.4) is 0 Å². The van der Waals surface area contributed by atoms with Gasteiger partial charge in [0.25, 0.3) is 15.9 Å². The Bertz CT molecular complexity index is 1330. The molecule has 162 valence electrons. The van der Waals surface area contributed by atoms with Crippen LogP contribution in [0.15, 0.2) is 96.2 Å². The number of rotatable bonds is 7. The lowest BCUT2D eigenvalue weighted by Crippen LogP contribution is -2.25. The molecule has 0 aliphatic rings. The summed E-state index contributed by atoms with van der Waals surface area (Å²) in [6.45, 7) is 2.24. The van der Waals surface area contributed by atoms with E-state index in [0.29, 0.717) is 6.54 Å². The van der Waals surface area contributed by atoms with E-state index >= 15 is 0 Å². The highest BCUT2D eigenvalue weighted by Crippen LogP contribution is 2.20. The second-order valence-electron chi connectivity index (χ2n) is 7.16. The second kappa shape index (κ2) is 9.07. The van der Waals surface area contributed by atoms with Gasteiger partial charge in [0, 0.05) is 24.6 Å². The van der Waals surface area contributed by atoms with Crippen LogP contribution in [0, 0.1) is 6.92 Å². The summed E-state index contributed by atoms with van der Waals surface area (Å²) in [5, 5.41) is 2.85. The number of aryl methyl sites for hydroxylation is 1. The first kappa shape index (κ1) is 21.3. The van der Waals surface area contributed by atoms with Gasteiger partial charge in [0.1, 0.15) is 5.82 Å². The quantitative estimate of drug-likeness (QED) is 0.450. The Morgan fingerprint density at radius 3 is 2.31 bits per heavy atom. The van der Waals surface area contributed by atoms with E-state index in [4.69, 9.17) is 0 Å². The van der Waals surface area contributed by atoms with Gasteiger partial charge in [0.05, 0.1) is 16.1 Å². The average Bonchev–Trinajstić information content (AvgIpc) is 3.24. The number of amides is 1. The third-order valence-electron chi connectivity index (χ3n) is 4.96. The topological polar surface area (TPSA) is 93.1 Å². The molecule has 0 unspecified atom stereocenters. The molecule has 1 aromatic heterocycles. The zero-order chi connectivity index (χ0) is 22.6. The van der Waals surface area contributed by atoms with Crippen molar-refractivity contribution in [3.8, 4) is 5.69 Å². The zero-order valence-corrected chi connectivity index (χ0v) is 18.2. The van der Waals surface area contributed by atoms with E-state index in [2.05, 4.69) is 15.0 Å². The Kier molecular flexibility index (Phi) is 6.04. The summed E-state index contributed by atoms with van der Waals surface area (Å²) in [4.78, 5) is 17.1. The van der Waals surface area contributed by atoms with Gasteiger partial charge in [-0.25, -0.2) is 13.4 Å². The molecule has 32 heavy (non-hydrogen) atoms. The van der Waals surface area contributed by atoms with Crippen LogP contribution in [0.5, 0.6) is 0 Å². The van der Waals surface area contributed by atoms with Gasteiger partial charge in [-0.05, 0) is 48.9 Å². The maximum atomic E-state index is 12.8. The lowest BCUT2D eigenvalue weighted by atomic mass is 10.1. The van der Waals surface area contributed by atoms with E-state index in [1.807, 2.05) is 42.0 Å². The molecule has 4 rings (SSSR count). The molecular formula is C24H22N4O3S. The van der Waals surface area contributed by atoms with Crippen LogP contribution in [0.4, 0.5) is 5.69 Å². The van der Waals surface area contributed by atoms with Crippen molar-refractivity contribution in [2.75, 3.05) is 4.72 Å². The monoisotopic (exact) mass is 446 g/mol. The number of para-hydroxylation sites is 1. The molecule has 8 heteroatoms. The number of carbonyl (C=O) groups is 1. The van der Waals surface area contributed by atoms with Crippen molar-refractivity contribution in [1.29, 1.82) is 0 Å². The fourth-order valence-corrected chi connectivity index (χ4v) is 4.38. The number of anilines is 1. The molecule has 0 aliphatic carbocycles. The summed E-state index contributed by atoms with van der Waals surface area (Å²) >= 11 is 0. The average molecular weight is 447 g/mol. The maximum absolute atomic E-state index is 12.8. The first-order valence-electron chi connectivity index (χ1n) is 9.98. The standard InChI is InChI=1S/C24H22N4O3S/c1-18-25-15-16-28(18)20-13-11-19(12-14-20)17-26-24(29)22-9-5-6-10-23(22)27-32(30,31)21-7-3-2-4-8-21/h2-16,27H,17H2,1H3,(H,26,29). The molecule has 0 atom stereocenters. The molecule has 7 nitrogen and oxygen atoms in total. The number of aromatic nitrogens is 2. The van der Waals surface area contributed by atoms with E-state index in [-0.39, 0.29) is 22.1 Å². The van der Waals surface area contributed by atoms with Gasteiger partial charge in [0.15, 0.2) is 0 Å². The van der Waals surface area contributed by atoms with E-state index < -0.39 is 10.0 Å². The molecule has 4 aromatic rings. The number of imidazole rings is 1. The van der Waals surface area contributed by atoms with Crippen LogP contribution in [0.25, 0.3) is 5.69 Å². The highest BCUT2D eigenvalue weighted by atomic mass is 32.2. The van der Waals surface area contributed by atoms with Gasteiger partial charge in [0.2, 0.25) is 0 Å². The molecule has 1 amide bonds. The van der Waals surface area contributed by atoms with Gasteiger partial charge in [-0.3, -0.25) is 9.52 Å². The molecule has 0 bridgehead atoms. The predicted octanol–water partition coefficient (Wildman–Crippen LogP) is 3.91. The van der Waals surface area contributed by atoms with Crippen LogP contribution in [-0.4, -0.2) is 23.9 Å². The summed E-state index contributed by atoms with van der Waals surface area (Å²) in [5.74, 6) is 0.520. The minimum atomic E-state index is -3.80. The lowest BCUT2D eigenvalue weighted by Gasteiger charge is -2.13. The highest BCUT2D eigenvalue weighted by molar-refractivity contribution is 7.92. The predicted molar refractivity (Wildman–Crippen MR) is 123 cm³/mol. The molecule has 0 aliphatic heterocycles. The van der Waals surface area contributed by atoms with Crippen LogP contribution < -0.4 is 10.0 Å². The largest absolute Gasteiger partial charge is 0.348 e. The molecule has 0 saturated carbocycles. The maximum Gasteiger partial charge on any atom is 0.261 e. The molecule has 0 radical (unpaired) electrons. The van der Waals surface area contributed by atoms with E-state index in [0.717, 1.165) is 17.1 Å². The highest BCUT2D eigenvalue weighted by Gasteiger charge is 2.18. The van der Waals surface area contributed by atoms with Crippen LogP contribution >= 0.6 is 0 Å². The summed E-state index contributed by atoms with van der Waals surface area (Å²) in [5.41, 5.74) is 2.37. The Balaban J connectivity index is 1.46. The van der Waals surface area contributed by atoms with Crippen LogP contribution in [0.1, 0.15) is 21.7 Å². The zero-order valence-electron chi connectivity index (χ0n) is 17.4. The van der Waals surface area contributed by atoms with Crippen LogP contribution in [0.2, 0.25) is 0 Å². The van der Waals surface area contributed by atoms with E-state index in [1.165, 1.54) is 12.1 Å². The Hall–Kier alpha value is -3.91. The lowest BCUT2D eigenvalue weighted by molar-refractivity contribution is 0.0952. The second-order valence-corrected chi connectivity index (χ2v) is 8.84. The summed E-state index contributed by atoms with van der Waals surface area (Å²) in [6, 6.07) is 22.3. The van der Waals surface area contributed by atoms with Crippen molar-refractivity contribution in [3.05, 3.63) is 108 Å². The fourth-order valence-electron chi connectivity index (χ4n) is 3.28. The first-order chi connectivity index (χ1) is 15.4. The van der Waals surface area contributed by atoms with Crippen molar-refractivity contribution < 1.29 is 13.2 Å². The Morgan fingerprint density at radius 1 is 0.938 bits per heavy atom. The van der Waals surface area contributed by atoms with Gasteiger partial charge >= 0.3 is 0 Å². The minimum absolute atomic E-state index is 0.128. The normalized spacial score (nSPS) is 11.2. The molecule has 0 spiro atoms. The van der Waals surface area contributed by atoms with Crippen molar-refractivity contribution >= 4 is 21.6 Å². The molecular weight excluding hydrogens is 424 g/mol. The molecule has 0 saturated heterocycles. The van der Waals surface area contributed by atoms with Crippen molar-refractivity contribution in [1.82, 2.24) is 14.9 Å². The Labute approximate surface area is 186 Å². The van der Waals surface area contributed by atoms with E-state index in [9.17, 15) is 13.2 Å². The molecule has 3 aromatic carbocycles. The molecule has 0 fully saturated rings. The van der Waals surface area contributed by atoms with Crippen LogP contribution in [-0.2, 0) is 16.6 Å². The molecule has 1 heterocycles. The number of carbonyl (C=O) groups excluding carboxylic acids is 1. The third kappa shape index (κ3) is 4.70. The third-order valence-corrected chi connectivity index (χ3v) is 6.34. The summed E-state index contributed by atoms with van der Waals surface area (Å²) in [7, 11) is -3.80. The van der Waals surface area contributed by atoms with Crippen molar-refractivity contribution in [2.45, 2.75) is 18.4 Å². The first-order valence-corrected chi connectivity index (χ1v) is 11.5. The van der Waals surface area contributed by atoms with E-state index in [1.54, 1.807) is 48.7 Å².